The molecule has 1 heterocycles. The summed E-state index contributed by atoms with van der Waals surface area (Å²) in [4.78, 5) is 2.04. The van der Waals surface area contributed by atoms with Gasteiger partial charge in [-0.3, -0.25) is 4.90 Å². The van der Waals surface area contributed by atoms with E-state index in [1.807, 2.05) is 47.4 Å². The van der Waals surface area contributed by atoms with Crippen molar-refractivity contribution in [1.29, 1.82) is 0 Å². The molecular weight excluding hydrogens is 242 g/mol. The molecule has 0 amide bonds. The van der Waals surface area contributed by atoms with E-state index in [9.17, 15) is 15.3 Å². The van der Waals surface area contributed by atoms with Gasteiger partial charge < -0.3 is 15.3 Å². The zero-order chi connectivity index (χ0) is 13.7. The maximum absolute atomic E-state index is 9.74. The average Bonchev–Trinajstić information content (AvgIpc) is 2.43. The van der Waals surface area contributed by atoms with Crippen LogP contribution in [0.4, 0.5) is 0 Å². The van der Waals surface area contributed by atoms with Crippen molar-refractivity contribution in [3.05, 3.63) is 42.0 Å². The molecule has 19 heavy (non-hydrogen) atoms. The molecule has 3 atom stereocenters. The zero-order valence-electron chi connectivity index (χ0n) is 10.9. The number of nitrogens with zero attached hydrogens (tertiary/aromatic N) is 1. The van der Waals surface area contributed by atoms with Gasteiger partial charge in [0.15, 0.2) is 0 Å². The number of rotatable bonds is 4. The molecule has 0 saturated carbocycles. The fourth-order valence-corrected chi connectivity index (χ4v) is 2.42. The van der Waals surface area contributed by atoms with Crippen molar-refractivity contribution >= 4 is 6.08 Å². The maximum atomic E-state index is 9.74. The van der Waals surface area contributed by atoms with Gasteiger partial charge in [0.1, 0.15) is 0 Å². The molecule has 0 radical (unpaired) electrons. The van der Waals surface area contributed by atoms with Gasteiger partial charge in [0.05, 0.1) is 12.2 Å². The van der Waals surface area contributed by atoms with Crippen molar-refractivity contribution in [2.45, 2.75) is 12.2 Å². The molecule has 104 valence electrons. The highest BCUT2D eigenvalue weighted by molar-refractivity contribution is 5.48. The van der Waals surface area contributed by atoms with Gasteiger partial charge in [0.2, 0.25) is 0 Å². The smallest absolute Gasteiger partial charge is 0.0929 e. The molecule has 4 nitrogen and oxygen atoms in total. The van der Waals surface area contributed by atoms with Crippen molar-refractivity contribution in [2.24, 2.45) is 5.92 Å². The standard InChI is InChI=1S/C15H21NO3/c17-11-13-9-16(10-14(18)15(13)19)8-4-7-12-5-2-1-3-6-12/h1-7,13-15,17-19H,8-11H2. The van der Waals surface area contributed by atoms with Crippen LogP contribution in [-0.2, 0) is 0 Å². The van der Waals surface area contributed by atoms with Crippen LogP contribution in [0, 0.1) is 5.92 Å². The van der Waals surface area contributed by atoms with Crippen molar-refractivity contribution < 1.29 is 15.3 Å². The molecule has 0 aliphatic carbocycles. The van der Waals surface area contributed by atoms with Gasteiger partial charge in [-0.25, -0.2) is 0 Å². The minimum absolute atomic E-state index is 0.100. The van der Waals surface area contributed by atoms with Gasteiger partial charge in [0.25, 0.3) is 0 Å². The van der Waals surface area contributed by atoms with E-state index in [0.29, 0.717) is 19.6 Å². The summed E-state index contributed by atoms with van der Waals surface area (Å²) in [5.41, 5.74) is 1.14. The number of benzene rings is 1. The SMILES string of the molecule is OCC1CN(CC=Cc2ccccc2)CC(O)C1O. The van der Waals surface area contributed by atoms with Gasteiger partial charge in [-0.15, -0.1) is 0 Å². The van der Waals surface area contributed by atoms with E-state index in [4.69, 9.17) is 0 Å². The van der Waals surface area contributed by atoms with Crippen LogP contribution in [0.1, 0.15) is 5.56 Å². The third-order valence-corrected chi connectivity index (χ3v) is 3.52. The lowest BCUT2D eigenvalue weighted by Gasteiger charge is -2.38. The van der Waals surface area contributed by atoms with E-state index in [1.165, 1.54) is 0 Å². The van der Waals surface area contributed by atoms with Crippen LogP contribution in [0.25, 0.3) is 6.08 Å². The number of aliphatic hydroxyl groups is 3. The van der Waals surface area contributed by atoms with Crippen LogP contribution in [-0.4, -0.2) is 58.7 Å². The van der Waals surface area contributed by atoms with Crippen molar-refractivity contribution in [3.63, 3.8) is 0 Å². The van der Waals surface area contributed by atoms with Crippen molar-refractivity contribution in [3.8, 4) is 0 Å². The Bertz CT molecular complexity index is 407. The molecule has 4 heteroatoms. The highest BCUT2D eigenvalue weighted by Crippen LogP contribution is 2.17. The minimum atomic E-state index is -0.820. The molecule has 1 aliphatic heterocycles. The molecule has 2 rings (SSSR count). The van der Waals surface area contributed by atoms with E-state index < -0.39 is 12.2 Å². The maximum Gasteiger partial charge on any atom is 0.0929 e. The second kappa shape index (κ2) is 6.82. The Morgan fingerprint density at radius 3 is 2.58 bits per heavy atom. The molecule has 1 aromatic carbocycles. The van der Waals surface area contributed by atoms with Crippen LogP contribution in [0.2, 0.25) is 0 Å². The number of hydrogen-bond acceptors (Lipinski definition) is 4. The molecule has 1 saturated heterocycles. The largest absolute Gasteiger partial charge is 0.396 e. The van der Waals surface area contributed by atoms with Gasteiger partial charge in [-0.05, 0) is 5.56 Å². The Labute approximate surface area is 113 Å². The molecule has 3 N–H and O–H groups in total. The Morgan fingerprint density at radius 1 is 1.16 bits per heavy atom. The summed E-state index contributed by atoms with van der Waals surface area (Å²) in [6.07, 6.45) is 2.47. The topological polar surface area (TPSA) is 63.9 Å². The Kier molecular flexibility index (Phi) is 5.10. The second-order valence-electron chi connectivity index (χ2n) is 5.03. The van der Waals surface area contributed by atoms with Crippen molar-refractivity contribution in [2.75, 3.05) is 26.2 Å². The first kappa shape index (κ1) is 14.2. The molecule has 0 aromatic heterocycles. The number of aliphatic hydroxyl groups excluding tert-OH is 3. The summed E-state index contributed by atoms with van der Waals surface area (Å²) in [5.74, 6) is -0.270. The Morgan fingerprint density at radius 2 is 1.89 bits per heavy atom. The first-order valence-electron chi connectivity index (χ1n) is 6.61. The number of hydrogen-bond donors (Lipinski definition) is 3. The Balaban J connectivity index is 1.88. The van der Waals surface area contributed by atoms with E-state index >= 15 is 0 Å². The number of β-amino-alcohol motifs (C(OH)–C–C–N with tert-alkyl or cyclic N) is 1. The minimum Gasteiger partial charge on any atom is -0.396 e. The van der Waals surface area contributed by atoms with Crippen LogP contribution in [0.5, 0.6) is 0 Å². The predicted molar refractivity (Wildman–Crippen MR) is 74.5 cm³/mol. The van der Waals surface area contributed by atoms with Gasteiger partial charge in [-0.2, -0.15) is 0 Å². The number of likely N-dealkylation sites (tertiary alicyclic amines) is 1. The second-order valence-corrected chi connectivity index (χ2v) is 5.03. The zero-order valence-corrected chi connectivity index (χ0v) is 10.9. The molecule has 0 bridgehead atoms. The molecule has 1 fully saturated rings. The van der Waals surface area contributed by atoms with Crippen molar-refractivity contribution in [1.82, 2.24) is 4.90 Å². The molecular formula is C15H21NO3. The highest BCUT2D eigenvalue weighted by Gasteiger charge is 2.33. The van der Waals surface area contributed by atoms with Crippen LogP contribution >= 0.6 is 0 Å². The lowest BCUT2D eigenvalue weighted by molar-refractivity contribution is -0.0835. The summed E-state index contributed by atoms with van der Waals surface area (Å²) in [6, 6.07) is 10.0. The quantitative estimate of drug-likeness (QED) is 0.733. The number of piperidine rings is 1. The van der Waals surface area contributed by atoms with E-state index in [0.717, 1.165) is 5.56 Å². The summed E-state index contributed by atoms with van der Waals surface area (Å²) < 4.78 is 0. The van der Waals surface area contributed by atoms with Gasteiger partial charge in [-0.1, -0.05) is 42.5 Å². The van der Waals surface area contributed by atoms with E-state index in [1.54, 1.807) is 0 Å². The van der Waals surface area contributed by atoms with Gasteiger partial charge >= 0.3 is 0 Å². The Hall–Kier alpha value is -1.20. The fraction of sp³-hybridized carbons (Fsp3) is 0.467. The molecule has 1 aliphatic rings. The third kappa shape index (κ3) is 3.88. The molecule has 1 aromatic rings. The predicted octanol–water partition coefficient (Wildman–Crippen LogP) is 0.346. The summed E-state index contributed by atoms with van der Waals surface area (Å²) >= 11 is 0. The average molecular weight is 263 g/mol. The monoisotopic (exact) mass is 263 g/mol. The normalized spacial score (nSPS) is 28.9. The molecule has 0 spiro atoms. The third-order valence-electron chi connectivity index (χ3n) is 3.52. The van der Waals surface area contributed by atoms with Crippen LogP contribution in [0.3, 0.4) is 0 Å². The first-order valence-corrected chi connectivity index (χ1v) is 6.61. The van der Waals surface area contributed by atoms with E-state index in [2.05, 4.69) is 0 Å². The summed E-state index contributed by atoms with van der Waals surface area (Å²) in [7, 11) is 0. The van der Waals surface area contributed by atoms with Crippen LogP contribution in [0.15, 0.2) is 36.4 Å². The highest BCUT2D eigenvalue weighted by atomic mass is 16.3. The van der Waals surface area contributed by atoms with E-state index in [-0.39, 0.29) is 12.5 Å². The first-order chi connectivity index (χ1) is 9.20. The lowest BCUT2D eigenvalue weighted by atomic mass is 9.93. The van der Waals surface area contributed by atoms with Gasteiger partial charge in [0, 0.05) is 32.2 Å². The fourth-order valence-electron chi connectivity index (χ4n) is 2.42. The van der Waals surface area contributed by atoms with Crippen LogP contribution < -0.4 is 0 Å². The molecule has 3 unspecified atom stereocenters. The lowest BCUT2D eigenvalue weighted by Crippen LogP contribution is -2.53. The summed E-state index contributed by atoms with van der Waals surface area (Å²) in [5, 5.41) is 28.6. The summed E-state index contributed by atoms with van der Waals surface area (Å²) in [6.45, 7) is 1.65.